The topological polar surface area (TPSA) is 83.5 Å². The number of hydrogen-bond acceptors (Lipinski definition) is 3. The highest BCUT2D eigenvalue weighted by Crippen LogP contribution is 2.14. The first-order valence-corrected chi connectivity index (χ1v) is 7.66. The van der Waals surface area contributed by atoms with Crippen LogP contribution in [0.1, 0.15) is 19.3 Å². The Morgan fingerprint density at radius 3 is 2.39 bits per heavy atom. The van der Waals surface area contributed by atoms with Gasteiger partial charge in [-0.05, 0) is 37.1 Å². The maximum Gasteiger partial charge on any atom is 0.303 e. The summed E-state index contributed by atoms with van der Waals surface area (Å²) in [5, 5.41) is 8.43. The molecule has 0 aliphatic carbocycles. The van der Waals surface area contributed by atoms with Gasteiger partial charge in [-0.3, -0.25) is 4.79 Å². The second kappa shape index (κ2) is 6.86. The third kappa shape index (κ3) is 5.16. The van der Waals surface area contributed by atoms with Crippen LogP contribution in [0.4, 0.5) is 0 Å². The molecule has 0 saturated heterocycles. The van der Waals surface area contributed by atoms with Gasteiger partial charge >= 0.3 is 5.97 Å². The minimum atomic E-state index is -3.50. The van der Waals surface area contributed by atoms with Crippen LogP contribution in [0.2, 0.25) is 0 Å². The summed E-state index contributed by atoms with van der Waals surface area (Å²) in [6.45, 7) is 0.242. The highest BCUT2D eigenvalue weighted by molar-refractivity contribution is 9.10. The Labute approximate surface area is 114 Å². The fourth-order valence-electron chi connectivity index (χ4n) is 1.30. The number of carboxylic acids is 1. The molecule has 0 fully saturated rings. The van der Waals surface area contributed by atoms with Gasteiger partial charge in [0.2, 0.25) is 10.0 Å². The van der Waals surface area contributed by atoms with Gasteiger partial charge in [0.1, 0.15) is 0 Å². The number of nitrogens with one attached hydrogen (secondary N) is 1. The first kappa shape index (κ1) is 15.1. The van der Waals surface area contributed by atoms with E-state index in [1.165, 1.54) is 12.1 Å². The van der Waals surface area contributed by atoms with Gasteiger partial charge in [-0.15, -0.1) is 0 Å². The van der Waals surface area contributed by atoms with E-state index in [4.69, 9.17) is 5.11 Å². The van der Waals surface area contributed by atoms with Crippen molar-refractivity contribution in [1.29, 1.82) is 0 Å². The second-order valence-electron chi connectivity index (χ2n) is 3.70. The van der Waals surface area contributed by atoms with Crippen LogP contribution in [0.5, 0.6) is 0 Å². The van der Waals surface area contributed by atoms with Gasteiger partial charge in [-0.2, -0.15) is 0 Å². The molecule has 0 aromatic heterocycles. The van der Waals surface area contributed by atoms with E-state index in [0.29, 0.717) is 12.8 Å². The number of sulfonamides is 1. The molecule has 0 heterocycles. The van der Waals surface area contributed by atoms with Crippen LogP contribution in [0.15, 0.2) is 33.6 Å². The zero-order chi connectivity index (χ0) is 13.6. The SMILES string of the molecule is O=C(O)CCCCNS(=O)(=O)c1ccc(Br)cc1. The summed E-state index contributed by atoms with van der Waals surface area (Å²) in [5.41, 5.74) is 0. The van der Waals surface area contributed by atoms with Crippen molar-refractivity contribution in [3.05, 3.63) is 28.7 Å². The van der Waals surface area contributed by atoms with Gasteiger partial charge in [-0.1, -0.05) is 15.9 Å². The number of unbranched alkanes of at least 4 members (excludes halogenated alkanes) is 1. The minimum Gasteiger partial charge on any atom is -0.481 e. The number of aliphatic carboxylic acids is 1. The molecular weight excluding hydrogens is 322 g/mol. The summed E-state index contributed by atoms with van der Waals surface area (Å²) in [4.78, 5) is 10.5. The van der Waals surface area contributed by atoms with Gasteiger partial charge in [0.15, 0.2) is 0 Å². The fourth-order valence-corrected chi connectivity index (χ4v) is 2.64. The van der Waals surface area contributed by atoms with E-state index >= 15 is 0 Å². The largest absolute Gasteiger partial charge is 0.481 e. The molecule has 0 bridgehead atoms. The number of carboxylic acid groups (broad SMARTS) is 1. The first-order chi connectivity index (χ1) is 8.42. The van der Waals surface area contributed by atoms with Gasteiger partial charge in [-0.25, -0.2) is 13.1 Å². The van der Waals surface area contributed by atoms with Crippen LogP contribution in [-0.4, -0.2) is 26.0 Å². The van der Waals surface area contributed by atoms with Crippen molar-refractivity contribution in [2.75, 3.05) is 6.54 Å². The van der Waals surface area contributed by atoms with Crippen molar-refractivity contribution >= 4 is 31.9 Å². The Hall–Kier alpha value is -0.920. The molecule has 0 spiro atoms. The monoisotopic (exact) mass is 335 g/mol. The molecule has 0 aliphatic heterocycles. The predicted molar refractivity (Wildman–Crippen MR) is 70.8 cm³/mol. The van der Waals surface area contributed by atoms with Crippen molar-refractivity contribution in [3.63, 3.8) is 0 Å². The molecule has 7 heteroatoms. The van der Waals surface area contributed by atoms with Crippen molar-refractivity contribution in [2.45, 2.75) is 24.2 Å². The molecule has 0 amide bonds. The van der Waals surface area contributed by atoms with Crippen molar-refractivity contribution in [1.82, 2.24) is 4.72 Å². The number of rotatable bonds is 7. The third-order valence-corrected chi connectivity index (χ3v) is 4.24. The normalized spacial score (nSPS) is 11.4. The van der Waals surface area contributed by atoms with E-state index in [2.05, 4.69) is 20.7 Å². The lowest BCUT2D eigenvalue weighted by atomic mass is 10.2. The molecular formula is C11H14BrNO4S. The van der Waals surface area contributed by atoms with Gasteiger partial charge in [0.05, 0.1) is 4.90 Å². The lowest BCUT2D eigenvalue weighted by Gasteiger charge is -2.06. The van der Waals surface area contributed by atoms with Crippen LogP contribution in [0.25, 0.3) is 0 Å². The number of benzene rings is 1. The highest BCUT2D eigenvalue weighted by atomic mass is 79.9. The van der Waals surface area contributed by atoms with Crippen LogP contribution in [0, 0.1) is 0 Å². The molecule has 0 aliphatic rings. The Kier molecular flexibility index (Phi) is 5.77. The standard InChI is InChI=1S/C11H14BrNO4S/c12-9-4-6-10(7-5-9)18(16,17)13-8-2-1-3-11(14)15/h4-7,13H,1-3,8H2,(H,14,15). The average molecular weight is 336 g/mol. The summed E-state index contributed by atoms with van der Waals surface area (Å²) >= 11 is 3.23. The Bertz CT molecular complexity index is 498. The fraction of sp³-hybridized carbons (Fsp3) is 0.364. The van der Waals surface area contributed by atoms with E-state index in [-0.39, 0.29) is 17.9 Å². The van der Waals surface area contributed by atoms with Crippen LogP contribution >= 0.6 is 15.9 Å². The molecule has 0 saturated carbocycles. The zero-order valence-corrected chi connectivity index (χ0v) is 12.0. The summed E-state index contributed by atoms with van der Waals surface area (Å²) in [6, 6.07) is 6.31. The Morgan fingerprint density at radius 1 is 1.22 bits per heavy atom. The van der Waals surface area contributed by atoms with Crippen molar-refractivity contribution < 1.29 is 18.3 Å². The second-order valence-corrected chi connectivity index (χ2v) is 6.39. The summed E-state index contributed by atoms with van der Waals surface area (Å²) in [6.07, 6.45) is 1.01. The van der Waals surface area contributed by atoms with Gasteiger partial charge in [0, 0.05) is 17.4 Å². The number of carbonyl (C=O) groups is 1. The lowest BCUT2D eigenvalue weighted by Crippen LogP contribution is -2.24. The van der Waals surface area contributed by atoms with Crippen LogP contribution in [-0.2, 0) is 14.8 Å². The lowest BCUT2D eigenvalue weighted by molar-refractivity contribution is -0.137. The van der Waals surface area contributed by atoms with Gasteiger partial charge in [0.25, 0.3) is 0 Å². The molecule has 100 valence electrons. The summed E-state index contributed by atoms with van der Waals surface area (Å²) in [7, 11) is -3.50. The minimum absolute atomic E-state index is 0.0556. The molecule has 5 nitrogen and oxygen atoms in total. The van der Waals surface area contributed by atoms with Crippen LogP contribution < -0.4 is 4.72 Å². The van der Waals surface area contributed by atoms with E-state index in [1.807, 2.05) is 0 Å². The summed E-state index contributed by atoms with van der Waals surface area (Å²) in [5.74, 6) is -0.870. The smallest absolute Gasteiger partial charge is 0.303 e. The maximum atomic E-state index is 11.8. The maximum absolute atomic E-state index is 11.8. The van der Waals surface area contributed by atoms with Gasteiger partial charge < -0.3 is 5.11 Å². The molecule has 1 rings (SSSR count). The van der Waals surface area contributed by atoms with E-state index in [0.717, 1.165) is 4.47 Å². The molecule has 0 radical (unpaired) electrons. The molecule has 0 atom stereocenters. The molecule has 1 aromatic rings. The molecule has 2 N–H and O–H groups in total. The molecule has 1 aromatic carbocycles. The van der Waals surface area contributed by atoms with Crippen molar-refractivity contribution in [3.8, 4) is 0 Å². The van der Waals surface area contributed by atoms with Crippen molar-refractivity contribution in [2.24, 2.45) is 0 Å². The predicted octanol–water partition coefficient (Wildman–Crippen LogP) is 1.98. The van der Waals surface area contributed by atoms with Crippen LogP contribution in [0.3, 0.4) is 0 Å². The zero-order valence-electron chi connectivity index (χ0n) is 9.60. The Balaban J connectivity index is 2.45. The average Bonchev–Trinajstić information content (AvgIpc) is 2.28. The Morgan fingerprint density at radius 2 is 1.83 bits per heavy atom. The van der Waals surface area contributed by atoms with E-state index < -0.39 is 16.0 Å². The van der Waals surface area contributed by atoms with E-state index in [9.17, 15) is 13.2 Å². The highest BCUT2D eigenvalue weighted by Gasteiger charge is 2.12. The number of halogens is 1. The third-order valence-electron chi connectivity index (χ3n) is 2.23. The number of hydrogen-bond donors (Lipinski definition) is 2. The van der Waals surface area contributed by atoms with E-state index in [1.54, 1.807) is 12.1 Å². The first-order valence-electron chi connectivity index (χ1n) is 5.39. The summed E-state index contributed by atoms with van der Waals surface area (Å²) < 4.78 is 26.8. The molecule has 0 unspecified atom stereocenters. The molecule has 18 heavy (non-hydrogen) atoms. The quantitative estimate of drug-likeness (QED) is 0.746.